The van der Waals surface area contributed by atoms with Gasteiger partial charge in [0.15, 0.2) is 0 Å². The van der Waals surface area contributed by atoms with Gasteiger partial charge < -0.3 is 41.1 Å². The number of amides is 2. The monoisotopic (exact) mass is 695 g/mol. The first-order chi connectivity index (χ1) is 17.1. The van der Waals surface area contributed by atoms with E-state index in [1.165, 1.54) is 23.3 Å². The van der Waals surface area contributed by atoms with Gasteiger partial charge in [0.2, 0.25) is 11.8 Å². The molecule has 206 valence electrons. The number of hydrogen-bond acceptors (Lipinski definition) is 8. The normalized spacial score (nSPS) is 22.4. The Morgan fingerprint density at radius 2 is 1.30 bits per heavy atom. The van der Waals surface area contributed by atoms with Gasteiger partial charge in [-0.2, -0.15) is 0 Å². The second-order valence-electron chi connectivity index (χ2n) is 9.98. The molecule has 1 saturated carbocycles. The van der Waals surface area contributed by atoms with Gasteiger partial charge in [-0.3, -0.25) is 9.59 Å². The van der Waals surface area contributed by atoms with Crippen LogP contribution in [0.3, 0.4) is 0 Å². The van der Waals surface area contributed by atoms with Crippen LogP contribution < -0.4 is 21.7 Å². The molecule has 1 aliphatic carbocycles. The molecular formula is C26H36N4O6Pt. The SMILES string of the molecule is N[C@@H]1CCCC[C@H]1N.O=C(CCC(=O)N1CCc2ccccc2C1)N1CCC(C(=O)[O-])(C(=O)[O-])CC1.[Pt+2]. The number of fused-ring (bicyclic) bond motifs is 1. The Morgan fingerprint density at radius 1 is 0.811 bits per heavy atom. The third-order valence-corrected chi connectivity index (χ3v) is 7.66. The molecule has 0 spiro atoms. The molecule has 2 heterocycles. The number of carbonyl (C=O) groups is 4. The van der Waals surface area contributed by atoms with E-state index >= 15 is 0 Å². The summed E-state index contributed by atoms with van der Waals surface area (Å²) in [5, 5.41) is 22.4. The molecule has 1 saturated heterocycles. The van der Waals surface area contributed by atoms with Crippen LogP contribution in [-0.4, -0.2) is 65.3 Å². The van der Waals surface area contributed by atoms with Gasteiger partial charge in [0.1, 0.15) is 0 Å². The Balaban J connectivity index is 0.000000457. The van der Waals surface area contributed by atoms with Crippen LogP contribution in [0.25, 0.3) is 0 Å². The number of likely N-dealkylation sites (tertiary alicyclic amines) is 1. The average Bonchev–Trinajstić information content (AvgIpc) is 2.88. The van der Waals surface area contributed by atoms with Crippen molar-refractivity contribution in [1.82, 2.24) is 9.80 Å². The van der Waals surface area contributed by atoms with E-state index in [-0.39, 0.29) is 83.7 Å². The predicted octanol–water partition coefficient (Wildman–Crippen LogP) is -1.33. The number of nitrogens with two attached hydrogens (primary N) is 2. The third kappa shape index (κ3) is 7.85. The number of piperidine rings is 1. The quantitative estimate of drug-likeness (QED) is 0.357. The van der Waals surface area contributed by atoms with Gasteiger partial charge in [0, 0.05) is 51.1 Å². The Morgan fingerprint density at radius 3 is 1.78 bits per heavy atom. The van der Waals surface area contributed by atoms with Gasteiger partial charge in [-0.05, 0) is 43.2 Å². The van der Waals surface area contributed by atoms with Crippen LogP contribution in [0.15, 0.2) is 24.3 Å². The van der Waals surface area contributed by atoms with E-state index in [9.17, 15) is 29.4 Å². The number of rotatable bonds is 5. The maximum Gasteiger partial charge on any atom is 2.00 e. The first kappa shape index (κ1) is 30.9. The fourth-order valence-corrected chi connectivity index (χ4v) is 5.06. The number of carboxylic acid groups (broad SMARTS) is 2. The first-order valence-electron chi connectivity index (χ1n) is 12.7. The van der Waals surface area contributed by atoms with E-state index in [2.05, 4.69) is 6.07 Å². The molecule has 0 radical (unpaired) electrons. The maximum atomic E-state index is 12.5. The average molecular weight is 696 g/mol. The number of nitrogens with zero attached hydrogens (tertiary/aromatic N) is 2. The van der Waals surface area contributed by atoms with Crippen molar-refractivity contribution >= 4 is 23.8 Å². The van der Waals surface area contributed by atoms with E-state index in [4.69, 9.17) is 11.5 Å². The Bertz CT molecular complexity index is 940. The number of carbonyl (C=O) groups excluding carboxylic acids is 4. The topological polar surface area (TPSA) is 173 Å². The van der Waals surface area contributed by atoms with Gasteiger partial charge in [-0.1, -0.05) is 37.1 Å². The smallest absolute Gasteiger partial charge is 0.549 e. The standard InChI is InChI=1S/C20H24N2O6.C6H14N2.Pt/c23-16(21-11-8-20(9-12-21,18(25)26)19(27)28)5-6-17(24)22-10-7-14-3-1-2-4-15(14)13-22;7-5-3-1-2-4-6(5)8;/h1-4H,5-13H2,(H,25,26)(H,27,28);5-6H,1-4,7-8H2;/q;;+2/p-2/t;5-,6-;/m.1./s1. The van der Waals surface area contributed by atoms with Gasteiger partial charge in [-0.25, -0.2) is 0 Å². The molecule has 1 aromatic rings. The van der Waals surface area contributed by atoms with Crippen LogP contribution in [0.5, 0.6) is 0 Å². The third-order valence-electron chi connectivity index (χ3n) is 7.66. The van der Waals surface area contributed by atoms with Crippen LogP contribution in [0.2, 0.25) is 0 Å². The van der Waals surface area contributed by atoms with E-state index in [0.717, 1.165) is 24.8 Å². The van der Waals surface area contributed by atoms with Gasteiger partial charge in [0.25, 0.3) is 0 Å². The summed E-state index contributed by atoms with van der Waals surface area (Å²) >= 11 is 0. The minimum atomic E-state index is -2.05. The largest absolute Gasteiger partial charge is 2.00 e. The number of hydrogen-bond donors (Lipinski definition) is 2. The molecule has 2 aliphatic heterocycles. The number of benzene rings is 1. The van der Waals surface area contributed by atoms with Crippen LogP contribution >= 0.6 is 0 Å². The molecule has 11 heteroatoms. The molecule has 2 atom stereocenters. The summed E-state index contributed by atoms with van der Waals surface area (Å²) in [5.41, 5.74) is 11.6. The van der Waals surface area contributed by atoms with E-state index in [1.54, 1.807) is 4.90 Å². The van der Waals surface area contributed by atoms with E-state index in [0.29, 0.717) is 13.1 Å². The van der Waals surface area contributed by atoms with Crippen LogP contribution in [0, 0.1) is 5.41 Å². The van der Waals surface area contributed by atoms with Crippen LogP contribution in [0.1, 0.15) is 62.5 Å². The zero-order chi connectivity index (χ0) is 26.3. The van der Waals surface area contributed by atoms with Crippen LogP contribution in [-0.2, 0) is 53.2 Å². The predicted molar refractivity (Wildman–Crippen MR) is 127 cm³/mol. The second-order valence-corrected chi connectivity index (χ2v) is 9.98. The van der Waals surface area contributed by atoms with Crippen molar-refractivity contribution in [3.05, 3.63) is 35.4 Å². The van der Waals surface area contributed by atoms with Crippen LogP contribution in [0.4, 0.5) is 0 Å². The summed E-state index contributed by atoms with van der Waals surface area (Å²) in [7, 11) is 0. The second kappa shape index (κ2) is 14.0. The molecule has 3 aliphatic rings. The summed E-state index contributed by atoms with van der Waals surface area (Å²) in [6.45, 7) is 1.14. The maximum absolute atomic E-state index is 12.5. The van der Waals surface area contributed by atoms with Crippen molar-refractivity contribution in [2.24, 2.45) is 16.9 Å². The Kier molecular flexibility index (Phi) is 11.7. The molecule has 0 unspecified atom stereocenters. The van der Waals surface area contributed by atoms with Crippen molar-refractivity contribution in [3.63, 3.8) is 0 Å². The summed E-state index contributed by atoms with van der Waals surface area (Å²) in [5.74, 6) is -3.74. The molecule has 4 rings (SSSR count). The molecule has 4 N–H and O–H groups in total. The van der Waals surface area contributed by atoms with E-state index in [1.807, 2.05) is 18.2 Å². The minimum Gasteiger partial charge on any atom is -0.549 e. The number of carboxylic acids is 2. The molecule has 37 heavy (non-hydrogen) atoms. The van der Waals surface area contributed by atoms with Crippen molar-refractivity contribution in [2.75, 3.05) is 19.6 Å². The molecular weight excluding hydrogens is 659 g/mol. The molecule has 10 nitrogen and oxygen atoms in total. The molecule has 0 bridgehead atoms. The van der Waals surface area contributed by atoms with Crippen molar-refractivity contribution < 1.29 is 50.5 Å². The van der Waals surface area contributed by atoms with Gasteiger partial charge in [-0.15, -0.1) is 0 Å². The van der Waals surface area contributed by atoms with Gasteiger partial charge in [0.05, 0.1) is 17.4 Å². The minimum absolute atomic E-state index is 0. The Hall–Kier alpha value is -2.29. The first-order valence-corrected chi connectivity index (χ1v) is 12.7. The Labute approximate surface area is 232 Å². The molecule has 2 amide bonds. The summed E-state index contributed by atoms with van der Waals surface area (Å²) < 4.78 is 0. The molecule has 2 fully saturated rings. The van der Waals surface area contributed by atoms with Gasteiger partial charge >= 0.3 is 21.1 Å². The fraction of sp³-hybridized carbons (Fsp3) is 0.615. The zero-order valence-electron chi connectivity index (χ0n) is 21.0. The number of aliphatic carboxylic acids is 2. The molecule has 1 aromatic carbocycles. The van der Waals surface area contributed by atoms with E-state index < -0.39 is 17.4 Å². The van der Waals surface area contributed by atoms with Crippen molar-refractivity contribution in [1.29, 1.82) is 0 Å². The summed E-state index contributed by atoms with van der Waals surface area (Å²) in [6, 6.07) is 8.52. The molecule has 0 aromatic heterocycles. The van der Waals surface area contributed by atoms with Crippen molar-refractivity contribution in [3.8, 4) is 0 Å². The van der Waals surface area contributed by atoms with Crippen molar-refractivity contribution in [2.45, 2.75) is 76.4 Å². The summed E-state index contributed by atoms with van der Waals surface area (Å²) in [4.78, 5) is 50.3. The fourth-order valence-electron chi connectivity index (χ4n) is 5.06. The zero-order valence-corrected chi connectivity index (χ0v) is 23.2. The summed E-state index contributed by atoms with van der Waals surface area (Å²) in [6.07, 6.45) is 5.17.